The number of rotatable bonds is 7. The highest BCUT2D eigenvalue weighted by Crippen LogP contribution is 2.40. The average Bonchev–Trinajstić information content (AvgIpc) is 3.76. The Labute approximate surface area is 230 Å². The monoisotopic (exact) mass is 537 g/mol. The first-order valence-corrected chi connectivity index (χ1v) is 15.6. The van der Waals surface area contributed by atoms with E-state index in [9.17, 15) is 0 Å². The number of hydrogen-bond acceptors (Lipinski definition) is 3. The maximum absolute atomic E-state index is 7.20. The fourth-order valence-electron chi connectivity index (χ4n) is 5.37. The highest BCUT2D eigenvalue weighted by molar-refractivity contribution is 7.00. The number of nitrogens with zero attached hydrogens (tertiary/aromatic N) is 1. The zero-order chi connectivity index (χ0) is 26.3. The highest BCUT2D eigenvalue weighted by atomic mass is 35.5. The Kier molecular flexibility index (Phi) is 6.41. The van der Waals surface area contributed by atoms with Crippen molar-refractivity contribution in [3.05, 3.63) is 102 Å². The summed E-state index contributed by atoms with van der Waals surface area (Å²) >= 11 is 6.94. The van der Waals surface area contributed by atoms with Crippen LogP contribution in [0, 0.1) is 5.92 Å². The van der Waals surface area contributed by atoms with Gasteiger partial charge < -0.3 is 9.16 Å². The zero-order valence-corrected chi connectivity index (χ0v) is 23.8. The second kappa shape index (κ2) is 9.76. The molecule has 0 unspecified atom stereocenters. The standard InChI is InChI=1S/C33H32ClNO2Si/c1-33(2,3)38(27-10-6-4-7-11-27,28-12-8-5-9-13-28)37-30-20-25-17-16-24-18-19-26(36-22-23-14-15-23)21-29(24)31(25)35-32(30)34/h4-13,16-21,23H,14-15,22H2,1-3H3. The van der Waals surface area contributed by atoms with Gasteiger partial charge in [0.2, 0.25) is 0 Å². The molecule has 4 aromatic carbocycles. The molecule has 1 aromatic heterocycles. The Bertz CT molecular complexity index is 1560. The highest BCUT2D eigenvalue weighted by Gasteiger charge is 2.52. The molecule has 0 spiro atoms. The Morgan fingerprint density at radius 2 is 1.42 bits per heavy atom. The predicted molar refractivity (Wildman–Crippen MR) is 161 cm³/mol. The van der Waals surface area contributed by atoms with Crippen LogP contribution in [0.3, 0.4) is 0 Å². The van der Waals surface area contributed by atoms with Crippen molar-refractivity contribution in [3.8, 4) is 11.5 Å². The third-order valence-corrected chi connectivity index (χ3v) is 12.8. The van der Waals surface area contributed by atoms with Gasteiger partial charge >= 0.3 is 8.32 Å². The third kappa shape index (κ3) is 4.57. The first-order valence-electron chi connectivity index (χ1n) is 13.3. The van der Waals surface area contributed by atoms with Crippen LogP contribution < -0.4 is 19.5 Å². The lowest BCUT2D eigenvalue weighted by molar-refractivity contribution is 0.300. The molecule has 0 atom stereocenters. The molecule has 38 heavy (non-hydrogen) atoms. The normalized spacial score (nSPS) is 14.1. The molecule has 1 aliphatic carbocycles. The fourth-order valence-corrected chi connectivity index (χ4v) is 10.0. The Balaban J connectivity index is 1.49. The van der Waals surface area contributed by atoms with Crippen LogP contribution in [-0.2, 0) is 0 Å². The van der Waals surface area contributed by atoms with E-state index in [0.717, 1.165) is 34.0 Å². The Hall–Kier alpha value is -3.34. The molecule has 5 heteroatoms. The summed E-state index contributed by atoms with van der Waals surface area (Å²) in [6.07, 6.45) is 2.53. The largest absolute Gasteiger partial charge is 0.532 e. The van der Waals surface area contributed by atoms with Gasteiger partial charge in [-0.1, -0.05) is 111 Å². The van der Waals surface area contributed by atoms with E-state index in [1.165, 1.54) is 23.2 Å². The molecule has 5 aromatic rings. The summed E-state index contributed by atoms with van der Waals surface area (Å²) in [5, 5.41) is 5.74. The summed E-state index contributed by atoms with van der Waals surface area (Å²) in [4.78, 5) is 4.91. The number of aromatic nitrogens is 1. The Morgan fingerprint density at radius 1 is 0.816 bits per heavy atom. The summed E-state index contributed by atoms with van der Waals surface area (Å²) in [6, 6.07) is 33.7. The molecule has 0 bridgehead atoms. The molecule has 0 aliphatic heterocycles. The number of hydrogen-bond donors (Lipinski definition) is 0. The van der Waals surface area contributed by atoms with Crippen LogP contribution in [0.1, 0.15) is 33.6 Å². The number of ether oxygens (including phenoxy) is 1. The van der Waals surface area contributed by atoms with E-state index in [1.54, 1.807) is 0 Å². The van der Waals surface area contributed by atoms with Gasteiger partial charge in [-0.25, -0.2) is 4.98 Å². The molecule has 1 saturated carbocycles. The van der Waals surface area contributed by atoms with Gasteiger partial charge in [0, 0.05) is 10.8 Å². The van der Waals surface area contributed by atoms with E-state index in [2.05, 4.69) is 112 Å². The smallest absolute Gasteiger partial charge is 0.320 e. The van der Waals surface area contributed by atoms with E-state index in [0.29, 0.717) is 16.8 Å². The minimum atomic E-state index is -2.83. The topological polar surface area (TPSA) is 31.4 Å². The van der Waals surface area contributed by atoms with Gasteiger partial charge in [-0.3, -0.25) is 0 Å². The van der Waals surface area contributed by atoms with Gasteiger partial charge in [0.05, 0.1) is 12.1 Å². The van der Waals surface area contributed by atoms with Crippen LogP contribution in [0.25, 0.3) is 21.7 Å². The van der Waals surface area contributed by atoms with E-state index in [1.807, 2.05) is 6.07 Å². The zero-order valence-electron chi connectivity index (χ0n) is 22.1. The van der Waals surface area contributed by atoms with E-state index in [-0.39, 0.29) is 5.04 Å². The van der Waals surface area contributed by atoms with Crippen LogP contribution in [-0.4, -0.2) is 19.9 Å². The maximum Gasteiger partial charge on any atom is 0.320 e. The van der Waals surface area contributed by atoms with Crippen LogP contribution in [0.4, 0.5) is 0 Å². The predicted octanol–water partition coefficient (Wildman–Crippen LogP) is 7.77. The first-order chi connectivity index (χ1) is 18.3. The molecule has 1 heterocycles. The first kappa shape index (κ1) is 25.0. The molecular formula is C33H32ClNO2Si. The van der Waals surface area contributed by atoms with Crippen molar-refractivity contribution in [2.45, 2.75) is 38.7 Å². The molecular weight excluding hydrogens is 506 g/mol. The second-order valence-corrected chi connectivity index (χ2v) is 15.9. The van der Waals surface area contributed by atoms with Crippen LogP contribution in [0.15, 0.2) is 97.1 Å². The van der Waals surface area contributed by atoms with Crippen molar-refractivity contribution in [2.75, 3.05) is 6.61 Å². The van der Waals surface area contributed by atoms with Gasteiger partial charge in [0.25, 0.3) is 0 Å². The summed E-state index contributed by atoms with van der Waals surface area (Å²) in [5.74, 6) is 2.20. The minimum absolute atomic E-state index is 0.175. The van der Waals surface area contributed by atoms with Crippen molar-refractivity contribution >= 4 is 52.0 Å². The summed E-state index contributed by atoms with van der Waals surface area (Å²) in [5.41, 5.74) is 0.860. The van der Waals surface area contributed by atoms with E-state index >= 15 is 0 Å². The summed E-state index contributed by atoms with van der Waals surface area (Å²) in [6.45, 7) is 7.57. The number of pyridine rings is 1. The van der Waals surface area contributed by atoms with Gasteiger partial charge in [0.1, 0.15) is 11.5 Å². The molecule has 1 aliphatic rings. The molecule has 0 amide bonds. The van der Waals surface area contributed by atoms with Crippen molar-refractivity contribution in [2.24, 2.45) is 5.92 Å². The second-order valence-electron chi connectivity index (χ2n) is 11.3. The molecule has 3 nitrogen and oxygen atoms in total. The molecule has 0 saturated heterocycles. The molecule has 192 valence electrons. The fraction of sp³-hybridized carbons (Fsp3) is 0.242. The lowest BCUT2D eigenvalue weighted by atomic mass is 10.1. The molecule has 0 N–H and O–H groups in total. The SMILES string of the molecule is CC(C)(C)[Si](Oc1cc2ccc3ccc(OCC4CC4)cc3c2nc1Cl)(c1ccccc1)c1ccccc1. The van der Waals surface area contributed by atoms with Crippen LogP contribution in [0.5, 0.6) is 11.5 Å². The van der Waals surface area contributed by atoms with Gasteiger partial charge in [-0.05, 0) is 57.8 Å². The van der Waals surface area contributed by atoms with Gasteiger partial charge in [-0.15, -0.1) is 0 Å². The Morgan fingerprint density at radius 3 is 2.03 bits per heavy atom. The van der Waals surface area contributed by atoms with Crippen molar-refractivity contribution in [1.29, 1.82) is 0 Å². The van der Waals surface area contributed by atoms with Crippen LogP contribution in [0.2, 0.25) is 10.2 Å². The van der Waals surface area contributed by atoms with Gasteiger partial charge in [-0.2, -0.15) is 0 Å². The number of fused-ring (bicyclic) bond motifs is 3. The van der Waals surface area contributed by atoms with Crippen molar-refractivity contribution in [1.82, 2.24) is 4.98 Å². The third-order valence-electron chi connectivity index (χ3n) is 7.56. The van der Waals surface area contributed by atoms with Crippen LogP contribution >= 0.6 is 11.6 Å². The van der Waals surface area contributed by atoms with E-state index in [4.69, 9.17) is 25.7 Å². The molecule has 0 radical (unpaired) electrons. The van der Waals surface area contributed by atoms with E-state index < -0.39 is 8.32 Å². The summed E-state index contributed by atoms with van der Waals surface area (Å²) < 4.78 is 13.3. The lowest BCUT2D eigenvalue weighted by Crippen LogP contribution is -2.68. The maximum atomic E-state index is 7.20. The molecule has 1 fully saturated rings. The average molecular weight is 538 g/mol. The minimum Gasteiger partial charge on any atom is -0.532 e. The quantitative estimate of drug-likeness (QED) is 0.121. The number of halogens is 1. The molecule has 6 rings (SSSR count). The lowest BCUT2D eigenvalue weighted by Gasteiger charge is -2.43. The van der Waals surface area contributed by atoms with Crippen molar-refractivity contribution in [3.63, 3.8) is 0 Å². The number of benzene rings is 4. The summed E-state index contributed by atoms with van der Waals surface area (Å²) in [7, 11) is -2.83. The van der Waals surface area contributed by atoms with Gasteiger partial charge in [0.15, 0.2) is 5.15 Å². The van der Waals surface area contributed by atoms with Crippen molar-refractivity contribution < 1.29 is 9.16 Å².